The molecule has 3 nitrogen and oxygen atoms in total. The fourth-order valence-electron chi connectivity index (χ4n) is 1.59. The molecular weight excluding hydrogens is 200 g/mol. The second-order valence-electron chi connectivity index (χ2n) is 4.06. The van der Waals surface area contributed by atoms with Crippen LogP contribution in [0.4, 0.5) is 0 Å². The van der Waals surface area contributed by atoms with Crippen molar-refractivity contribution < 1.29 is 4.84 Å². The Labute approximate surface area is 97.2 Å². The molecule has 0 heterocycles. The summed E-state index contributed by atoms with van der Waals surface area (Å²) in [4.78, 5) is 5.28. The van der Waals surface area contributed by atoms with E-state index in [1.54, 1.807) is 12.2 Å². The van der Waals surface area contributed by atoms with Crippen LogP contribution in [0, 0.1) is 17.2 Å². The Morgan fingerprint density at radius 3 is 2.38 bits per heavy atom. The zero-order chi connectivity index (χ0) is 12.0. The van der Waals surface area contributed by atoms with Crippen LogP contribution < -0.4 is 0 Å². The molecule has 86 valence electrons. The van der Waals surface area contributed by atoms with Gasteiger partial charge in [-0.05, 0) is 11.5 Å². The van der Waals surface area contributed by atoms with Crippen molar-refractivity contribution in [2.24, 2.45) is 5.92 Å². The largest absolute Gasteiger partial charge is 0.301 e. The molecule has 0 radical (unpaired) electrons. The number of nitrogens with zero attached hydrogens (tertiary/aromatic N) is 2. The van der Waals surface area contributed by atoms with E-state index in [0.29, 0.717) is 6.54 Å². The molecule has 0 saturated heterocycles. The third-order valence-corrected chi connectivity index (χ3v) is 2.49. The normalized spacial score (nSPS) is 12.8. The summed E-state index contributed by atoms with van der Waals surface area (Å²) in [6.45, 7) is 4.67. The topological polar surface area (TPSA) is 36.3 Å². The van der Waals surface area contributed by atoms with Crippen LogP contribution in [0.5, 0.6) is 0 Å². The van der Waals surface area contributed by atoms with Crippen LogP contribution in [0.3, 0.4) is 0 Å². The molecule has 1 aromatic rings. The molecule has 16 heavy (non-hydrogen) atoms. The summed E-state index contributed by atoms with van der Waals surface area (Å²) in [7, 11) is 1.61. The SMILES string of the molecule is CON(Cc1ccccc1)C(C#N)C(C)C. The van der Waals surface area contributed by atoms with Crippen molar-refractivity contribution in [3.05, 3.63) is 35.9 Å². The third-order valence-electron chi connectivity index (χ3n) is 2.49. The van der Waals surface area contributed by atoms with Crippen molar-refractivity contribution in [2.45, 2.75) is 26.4 Å². The molecule has 0 spiro atoms. The van der Waals surface area contributed by atoms with Crippen LogP contribution in [-0.2, 0) is 11.4 Å². The van der Waals surface area contributed by atoms with Gasteiger partial charge in [0, 0.05) is 0 Å². The highest BCUT2D eigenvalue weighted by Gasteiger charge is 2.21. The minimum atomic E-state index is -0.217. The van der Waals surface area contributed by atoms with Crippen LogP contribution >= 0.6 is 0 Å². The van der Waals surface area contributed by atoms with Gasteiger partial charge < -0.3 is 4.84 Å². The molecule has 1 aromatic carbocycles. The van der Waals surface area contributed by atoms with E-state index in [0.717, 1.165) is 5.56 Å². The highest BCUT2D eigenvalue weighted by atomic mass is 16.7. The maximum absolute atomic E-state index is 9.10. The molecule has 0 saturated carbocycles. The molecule has 0 amide bonds. The van der Waals surface area contributed by atoms with E-state index >= 15 is 0 Å². The molecule has 3 heteroatoms. The summed E-state index contributed by atoms with van der Waals surface area (Å²) in [5.41, 5.74) is 1.14. The Balaban J connectivity index is 2.73. The Hall–Kier alpha value is -1.37. The highest BCUT2D eigenvalue weighted by Crippen LogP contribution is 2.14. The second kappa shape index (κ2) is 6.26. The summed E-state index contributed by atoms with van der Waals surface area (Å²) in [6.07, 6.45) is 0. The van der Waals surface area contributed by atoms with Gasteiger partial charge in [-0.3, -0.25) is 0 Å². The lowest BCUT2D eigenvalue weighted by Gasteiger charge is -2.27. The summed E-state index contributed by atoms with van der Waals surface area (Å²) >= 11 is 0. The lowest BCUT2D eigenvalue weighted by atomic mass is 10.1. The van der Waals surface area contributed by atoms with E-state index in [1.807, 2.05) is 44.2 Å². The van der Waals surface area contributed by atoms with Gasteiger partial charge in [0.2, 0.25) is 0 Å². The van der Waals surface area contributed by atoms with Crippen molar-refractivity contribution in [1.29, 1.82) is 5.26 Å². The van der Waals surface area contributed by atoms with Gasteiger partial charge in [0.1, 0.15) is 6.04 Å². The van der Waals surface area contributed by atoms with E-state index < -0.39 is 0 Å². The van der Waals surface area contributed by atoms with E-state index in [2.05, 4.69) is 6.07 Å². The average Bonchev–Trinajstić information content (AvgIpc) is 2.29. The van der Waals surface area contributed by atoms with E-state index in [9.17, 15) is 0 Å². The van der Waals surface area contributed by atoms with Gasteiger partial charge in [0.15, 0.2) is 0 Å². The molecule has 1 unspecified atom stereocenters. The summed E-state index contributed by atoms with van der Waals surface area (Å²) in [5.74, 6) is 0.244. The summed E-state index contributed by atoms with van der Waals surface area (Å²) in [6, 6.07) is 12.1. The summed E-state index contributed by atoms with van der Waals surface area (Å²) < 4.78 is 0. The van der Waals surface area contributed by atoms with Gasteiger partial charge in [-0.15, -0.1) is 0 Å². The smallest absolute Gasteiger partial charge is 0.124 e. The molecule has 0 aliphatic heterocycles. The number of hydrogen-bond acceptors (Lipinski definition) is 3. The number of benzene rings is 1. The van der Waals surface area contributed by atoms with Gasteiger partial charge in [-0.25, -0.2) is 0 Å². The van der Waals surface area contributed by atoms with Gasteiger partial charge in [-0.2, -0.15) is 10.3 Å². The van der Waals surface area contributed by atoms with Crippen molar-refractivity contribution in [2.75, 3.05) is 7.11 Å². The van der Waals surface area contributed by atoms with Crippen LogP contribution in [0.15, 0.2) is 30.3 Å². The first-order valence-electron chi connectivity index (χ1n) is 5.43. The first-order valence-corrected chi connectivity index (χ1v) is 5.43. The number of nitriles is 1. The number of hydroxylamine groups is 2. The average molecular weight is 218 g/mol. The quantitative estimate of drug-likeness (QED) is 0.713. The number of hydrogen-bond donors (Lipinski definition) is 0. The minimum Gasteiger partial charge on any atom is -0.301 e. The maximum atomic E-state index is 9.10. The Kier molecular flexibility index (Phi) is 4.97. The Bertz CT molecular complexity index is 343. The third kappa shape index (κ3) is 3.34. The fourth-order valence-corrected chi connectivity index (χ4v) is 1.59. The maximum Gasteiger partial charge on any atom is 0.124 e. The van der Waals surface area contributed by atoms with Crippen LogP contribution in [0.25, 0.3) is 0 Å². The number of rotatable bonds is 5. The van der Waals surface area contributed by atoms with E-state index in [4.69, 9.17) is 10.1 Å². The molecule has 1 rings (SSSR count). The van der Waals surface area contributed by atoms with Crippen molar-refractivity contribution in [1.82, 2.24) is 5.06 Å². The first kappa shape index (κ1) is 12.7. The molecule has 0 aliphatic carbocycles. The van der Waals surface area contributed by atoms with Crippen molar-refractivity contribution in [3.8, 4) is 6.07 Å². The molecule has 1 atom stereocenters. The van der Waals surface area contributed by atoms with E-state index in [1.165, 1.54) is 0 Å². The lowest BCUT2D eigenvalue weighted by molar-refractivity contribution is -0.164. The fraction of sp³-hybridized carbons (Fsp3) is 0.462. The zero-order valence-corrected chi connectivity index (χ0v) is 10.1. The van der Waals surface area contributed by atoms with Crippen molar-refractivity contribution >= 4 is 0 Å². The first-order chi connectivity index (χ1) is 7.69. The second-order valence-corrected chi connectivity index (χ2v) is 4.06. The Morgan fingerprint density at radius 1 is 1.31 bits per heavy atom. The standard InChI is InChI=1S/C13H18N2O/c1-11(2)13(9-14)15(16-3)10-12-7-5-4-6-8-12/h4-8,11,13H,10H2,1-3H3. The van der Waals surface area contributed by atoms with Crippen molar-refractivity contribution in [3.63, 3.8) is 0 Å². The van der Waals surface area contributed by atoms with Gasteiger partial charge >= 0.3 is 0 Å². The predicted molar refractivity (Wildman–Crippen MR) is 63.2 cm³/mol. The minimum absolute atomic E-state index is 0.217. The lowest BCUT2D eigenvalue weighted by Crippen LogP contribution is -2.36. The Morgan fingerprint density at radius 2 is 1.94 bits per heavy atom. The zero-order valence-electron chi connectivity index (χ0n) is 10.1. The summed E-state index contributed by atoms with van der Waals surface area (Å²) in [5, 5.41) is 10.8. The molecular formula is C13H18N2O. The van der Waals surface area contributed by atoms with Gasteiger partial charge in [0.25, 0.3) is 0 Å². The van der Waals surface area contributed by atoms with Gasteiger partial charge in [0.05, 0.1) is 19.7 Å². The van der Waals surface area contributed by atoms with Crippen LogP contribution in [0.1, 0.15) is 19.4 Å². The molecule has 0 aliphatic rings. The van der Waals surface area contributed by atoms with E-state index in [-0.39, 0.29) is 12.0 Å². The van der Waals surface area contributed by atoms with Crippen LogP contribution in [0.2, 0.25) is 0 Å². The monoisotopic (exact) mass is 218 g/mol. The molecule has 0 N–H and O–H groups in total. The predicted octanol–water partition coefficient (Wildman–Crippen LogP) is 2.60. The molecule has 0 bridgehead atoms. The highest BCUT2D eigenvalue weighted by molar-refractivity contribution is 5.14. The molecule has 0 aromatic heterocycles. The van der Waals surface area contributed by atoms with Gasteiger partial charge in [-0.1, -0.05) is 44.2 Å². The van der Waals surface area contributed by atoms with Crippen LogP contribution in [-0.4, -0.2) is 18.2 Å². The molecule has 0 fully saturated rings.